The number of benzene rings is 2. The molecule has 0 saturated carbocycles. The Hall–Kier alpha value is -3.78. The van der Waals surface area contributed by atoms with Gasteiger partial charge in [-0.2, -0.15) is 0 Å². The number of esters is 1. The van der Waals surface area contributed by atoms with E-state index in [0.717, 1.165) is 27.3 Å². The normalized spacial score (nSPS) is 10.8. The van der Waals surface area contributed by atoms with Crippen molar-refractivity contribution in [2.24, 2.45) is 0 Å². The molecule has 7 nitrogen and oxygen atoms in total. The Balaban J connectivity index is 1.32. The highest BCUT2D eigenvalue weighted by Crippen LogP contribution is 2.22. The number of rotatable bonds is 7. The molecular weight excluding hydrogens is 426 g/mol. The van der Waals surface area contributed by atoms with Gasteiger partial charge in [-0.15, -0.1) is 11.3 Å². The summed E-state index contributed by atoms with van der Waals surface area (Å²) in [7, 11) is 0. The van der Waals surface area contributed by atoms with Gasteiger partial charge in [0.1, 0.15) is 6.54 Å². The number of hydrogen-bond donors (Lipinski definition) is 1. The molecule has 0 atom stereocenters. The van der Waals surface area contributed by atoms with Crippen LogP contribution in [-0.2, 0) is 9.53 Å². The summed E-state index contributed by atoms with van der Waals surface area (Å²) in [6, 6.07) is 14.8. The first-order valence-electron chi connectivity index (χ1n) is 9.98. The lowest BCUT2D eigenvalue weighted by Gasteiger charge is -2.08. The first kappa shape index (κ1) is 21.5. The van der Waals surface area contributed by atoms with E-state index in [2.05, 4.69) is 10.3 Å². The highest BCUT2D eigenvalue weighted by Gasteiger charge is 2.19. The van der Waals surface area contributed by atoms with Crippen molar-refractivity contribution in [2.45, 2.75) is 13.8 Å². The number of ether oxygens (including phenoxy) is 1. The van der Waals surface area contributed by atoms with Gasteiger partial charge in [-0.1, -0.05) is 30.3 Å². The minimum Gasteiger partial charge on any atom is -0.456 e. The number of Topliss-reactive ketones (excluding diaryl/α,β-unsaturated/α-hetero) is 1. The van der Waals surface area contributed by atoms with Gasteiger partial charge >= 0.3 is 5.97 Å². The molecule has 1 amide bonds. The summed E-state index contributed by atoms with van der Waals surface area (Å²) in [5, 5.41) is 7.13. The summed E-state index contributed by atoms with van der Waals surface area (Å²) in [6.45, 7) is 3.00. The molecule has 0 spiro atoms. The molecular formula is C24H21N3O4S. The van der Waals surface area contributed by atoms with Gasteiger partial charge in [-0.05, 0) is 42.8 Å². The smallest absolute Gasteiger partial charge is 0.325 e. The molecule has 162 valence electrons. The van der Waals surface area contributed by atoms with Crippen molar-refractivity contribution in [2.75, 3.05) is 13.2 Å². The predicted octanol–water partition coefficient (Wildman–Crippen LogP) is 3.86. The van der Waals surface area contributed by atoms with Crippen LogP contribution in [0.5, 0.6) is 0 Å². The van der Waals surface area contributed by atoms with Crippen LogP contribution in [0.1, 0.15) is 32.1 Å². The maximum Gasteiger partial charge on any atom is 0.325 e. The minimum absolute atomic E-state index is 0.310. The highest BCUT2D eigenvalue weighted by atomic mass is 32.1. The van der Waals surface area contributed by atoms with Crippen molar-refractivity contribution >= 4 is 39.8 Å². The van der Waals surface area contributed by atoms with Crippen LogP contribution in [0.3, 0.4) is 0 Å². The maximum absolute atomic E-state index is 12.6. The van der Waals surface area contributed by atoms with Crippen molar-refractivity contribution in [1.82, 2.24) is 14.9 Å². The molecule has 2 heterocycles. The van der Waals surface area contributed by atoms with E-state index < -0.39 is 12.6 Å². The SMILES string of the molecule is Cc1cc(C(=O)COC(=O)CNC(=O)c2ccc3ccccc3c2)c(C)n1-c1nccs1. The van der Waals surface area contributed by atoms with Gasteiger partial charge in [-0.25, -0.2) is 4.98 Å². The van der Waals surface area contributed by atoms with Crippen LogP contribution < -0.4 is 5.32 Å². The van der Waals surface area contributed by atoms with Crippen molar-refractivity contribution in [3.8, 4) is 5.13 Å². The average molecular weight is 448 g/mol. The molecule has 0 unspecified atom stereocenters. The van der Waals surface area contributed by atoms with Gasteiger partial charge in [0.15, 0.2) is 11.7 Å². The molecule has 2 aromatic heterocycles. The summed E-state index contributed by atoms with van der Waals surface area (Å²) in [4.78, 5) is 41.3. The number of amides is 1. The summed E-state index contributed by atoms with van der Waals surface area (Å²) in [5.74, 6) is -1.37. The lowest BCUT2D eigenvalue weighted by molar-refractivity contribution is -0.141. The van der Waals surface area contributed by atoms with E-state index in [4.69, 9.17) is 4.74 Å². The van der Waals surface area contributed by atoms with Gasteiger partial charge in [0.25, 0.3) is 5.91 Å². The number of carbonyl (C=O) groups is 3. The number of aryl methyl sites for hydroxylation is 1. The molecule has 0 radical (unpaired) electrons. The minimum atomic E-state index is -0.679. The molecule has 2 aromatic carbocycles. The Kier molecular flexibility index (Phi) is 6.13. The van der Waals surface area contributed by atoms with Crippen LogP contribution in [0.25, 0.3) is 15.9 Å². The van der Waals surface area contributed by atoms with Gasteiger partial charge in [0, 0.05) is 34.1 Å². The first-order chi connectivity index (χ1) is 15.4. The predicted molar refractivity (Wildman–Crippen MR) is 122 cm³/mol. The van der Waals surface area contributed by atoms with Crippen LogP contribution >= 0.6 is 11.3 Å². The van der Waals surface area contributed by atoms with Gasteiger partial charge in [-0.3, -0.25) is 19.0 Å². The van der Waals surface area contributed by atoms with E-state index in [-0.39, 0.29) is 18.2 Å². The largest absolute Gasteiger partial charge is 0.456 e. The lowest BCUT2D eigenvalue weighted by atomic mass is 10.1. The molecule has 0 bridgehead atoms. The Morgan fingerprint density at radius 3 is 2.59 bits per heavy atom. The van der Waals surface area contributed by atoms with E-state index in [1.54, 1.807) is 24.4 Å². The molecule has 4 rings (SSSR count). The summed E-state index contributed by atoms with van der Waals surface area (Å²) < 4.78 is 6.98. The molecule has 0 saturated heterocycles. The van der Waals surface area contributed by atoms with Gasteiger partial charge in [0.05, 0.1) is 0 Å². The monoisotopic (exact) mass is 447 g/mol. The highest BCUT2D eigenvalue weighted by molar-refractivity contribution is 7.12. The molecule has 1 N–H and O–H groups in total. The van der Waals surface area contributed by atoms with Crippen LogP contribution in [0.2, 0.25) is 0 Å². The molecule has 8 heteroatoms. The zero-order valence-electron chi connectivity index (χ0n) is 17.6. The third-order valence-electron chi connectivity index (χ3n) is 5.11. The van der Waals surface area contributed by atoms with Gasteiger partial charge in [0.2, 0.25) is 5.78 Å². The van der Waals surface area contributed by atoms with Crippen molar-refractivity contribution < 1.29 is 19.1 Å². The van der Waals surface area contributed by atoms with Crippen LogP contribution in [-0.4, -0.2) is 40.4 Å². The van der Waals surface area contributed by atoms with E-state index in [1.807, 2.05) is 54.1 Å². The second kappa shape index (κ2) is 9.15. The zero-order valence-corrected chi connectivity index (χ0v) is 18.4. The van der Waals surface area contributed by atoms with Gasteiger partial charge < -0.3 is 10.1 Å². The maximum atomic E-state index is 12.6. The number of nitrogens with zero attached hydrogens (tertiary/aromatic N) is 2. The summed E-state index contributed by atoms with van der Waals surface area (Å²) in [5.41, 5.74) is 2.53. The number of thiazole rings is 1. The second-order valence-corrected chi connectivity index (χ2v) is 8.14. The Bertz CT molecular complexity index is 1310. The quantitative estimate of drug-likeness (QED) is 0.343. The van der Waals surface area contributed by atoms with Crippen molar-refractivity contribution in [3.05, 3.63) is 82.6 Å². The fourth-order valence-electron chi connectivity index (χ4n) is 3.53. The van der Waals surface area contributed by atoms with Crippen LogP contribution in [0, 0.1) is 13.8 Å². The fraction of sp³-hybridized carbons (Fsp3) is 0.167. The Morgan fingerprint density at radius 1 is 1.06 bits per heavy atom. The van der Waals surface area contributed by atoms with E-state index in [9.17, 15) is 14.4 Å². The van der Waals surface area contributed by atoms with Crippen LogP contribution in [0.4, 0.5) is 0 Å². The summed E-state index contributed by atoms with van der Waals surface area (Å²) >= 11 is 1.47. The molecule has 4 aromatic rings. The number of aromatic nitrogens is 2. The average Bonchev–Trinajstić information content (AvgIpc) is 3.42. The Morgan fingerprint density at radius 2 is 1.84 bits per heavy atom. The van der Waals surface area contributed by atoms with Crippen molar-refractivity contribution in [3.63, 3.8) is 0 Å². The number of hydrogen-bond acceptors (Lipinski definition) is 6. The number of nitrogens with one attached hydrogen (secondary N) is 1. The number of fused-ring (bicyclic) bond motifs is 1. The van der Waals surface area contributed by atoms with Crippen LogP contribution in [0.15, 0.2) is 60.1 Å². The third kappa shape index (κ3) is 4.45. The second-order valence-electron chi connectivity index (χ2n) is 7.26. The topological polar surface area (TPSA) is 90.3 Å². The summed E-state index contributed by atoms with van der Waals surface area (Å²) in [6.07, 6.45) is 1.70. The fourth-order valence-corrected chi connectivity index (χ4v) is 4.28. The molecule has 0 aliphatic heterocycles. The molecule has 0 fully saturated rings. The molecule has 0 aliphatic carbocycles. The Labute approximate surface area is 188 Å². The third-order valence-corrected chi connectivity index (χ3v) is 5.87. The first-order valence-corrected chi connectivity index (χ1v) is 10.9. The van der Waals surface area contributed by atoms with E-state index >= 15 is 0 Å². The van der Waals surface area contributed by atoms with Crippen molar-refractivity contribution in [1.29, 1.82) is 0 Å². The zero-order chi connectivity index (χ0) is 22.7. The standard InChI is InChI=1S/C24H21N3O4S/c1-15-11-20(16(2)27(15)24-25-9-10-32-24)21(28)14-31-22(29)13-26-23(30)19-8-7-17-5-3-4-6-18(17)12-19/h3-12H,13-14H2,1-2H3,(H,26,30). The molecule has 0 aliphatic rings. The van der Waals surface area contributed by atoms with E-state index in [1.165, 1.54) is 11.3 Å². The number of carbonyl (C=O) groups excluding carboxylic acids is 3. The van der Waals surface area contributed by atoms with E-state index in [0.29, 0.717) is 11.1 Å². The lowest BCUT2D eigenvalue weighted by Crippen LogP contribution is -2.31. The number of ketones is 1. The molecule has 32 heavy (non-hydrogen) atoms.